The monoisotopic (exact) mass is 430 g/mol. The van der Waals surface area contributed by atoms with Crippen LogP contribution in [0.2, 0.25) is 0 Å². The first kappa shape index (κ1) is 21.5. The van der Waals surface area contributed by atoms with Gasteiger partial charge in [-0.05, 0) is 70.2 Å². The molecule has 4 heterocycles. The smallest absolute Gasteiger partial charge is 0.289 e. The van der Waals surface area contributed by atoms with Crippen molar-refractivity contribution in [2.75, 3.05) is 26.2 Å². The van der Waals surface area contributed by atoms with Gasteiger partial charge >= 0.3 is 0 Å². The van der Waals surface area contributed by atoms with Gasteiger partial charge in [-0.1, -0.05) is 18.2 Å². The highest BCUT2D eigenvalue weighted by atomic mass is 32.2. The summed E-state index contributed by atoms with van der Waals surface area (Å²) < 4.78 is 7.83. The molecule has 2 aliphatic rings. The summed E-state index contributed by atoms with van der Waals surface area (Å²) in [7, 11) is 1.98. The zero-order chi connectivity index (χ0) is 20.9. The number of amides is 1. The van der Waals surface area contributed by atoms with E-state index in [1.54, 1.807) is 18.0 Å². The van der Waals surface area contributed by atoms with Crippen LogP contribution in [0.1, 0.15) is 61.8 Å². The molecule has 2 fully saturated rings. The standard InChI is InChI=1S/C23H34N4O2S/c1-18-5-3-4-12-26(18)13-8-19-9-14-27(15-10-19)22(28)21-7-6-20(29-21)17-30-23-24-11-16-25(23)2/h6-7,11,16,18-19H,3-5,8-10,12-15,17H2,1-2H3/t18-/m1/s1. The minimum Gasteiger partial charge on any atom is -0.455 e. The van der Waals surface area contributed by atoms with E-state index in [-0.39, 0.29) is 5.91 Å². The molecule has 4 rings (SSSR count). The third kappa shape index (κ3) is 5.30. The van der Waals surface area contributed by atoms with Crippen molar-refractivity contribution in [2.45, 2.75) is 62.4 Å². The Labute approximate surface area is 184 Å². The number of aryl methyl sites for hydroxylation is 1. The molecule has 2 aromatic heterocycles. The topological polar surface area (TPSA) is 54.5 Å². The molecule has 0 N–H and O–H groups in total. The van der Waals surface area contributed by atoms with Crippen LogP contribution in [0, 0.1) is 5.92 Å². The molecule has 0 bridgehead atoms. The maximum absolute atomic E-state index is 12.9. The Morgan fingerprint density at radius 3 is 2.77 bits per heavy atom. The molecule has 7 heteroatoms. The number of aromatic nitrogens is 2. The Morgan fingerprint density at radius 1 is 1.20 bits per heavy atom. The van der Waals surface area contributed by atoms with Crippen molar-refractivity contribution in [3.05, 3.63) is 36.0 Å². The molecule has 0 spiro atoms. The first-order valence-electron chi connectivity index (χ1n) is 11.3. The van der Waals surface area contributed by atoms with Crippen LogP contribution < -0.4 is 0 Å². The van der Waals surface area contributed by atoms with Gasteiger partial charge in [0.1, 0.15) is 5.76 Å². The number of piperidine rings is 2. The SMILES string of the molecule is C[C@@H]1CCCCN1CCC1CCN(C(=O)c2ccc(CSc3nccn3C)o2)CC1. The molecule has 0 aromatic carbocycles. The molecule has 2 saturated heterocycles. The van der Waals surface area contributed by atoms with Crippen LogP contribution in [-0.4, -0.2) is 57.5 Å². The summed E-state index contributed by atoms with van der Waals surface area (Å²) in [5.74, 6) is 2.73. The second-order valence-electron chi connectivity index (χ2n) is 8.78. The quantitative estimate of drug-likeness (QED) is 0.609. The minimum absolute atomic E-state index is 0.0337. The summed E-state index contributed by atoms with van der Waals surface area (Å²) in [5, 5.41) is 0.945. The highest BCUT2D eigenvalue weighted by Crippen LogP contribution is 2.26. The molecule has 164 valence electrons. The van der Waals surface area contributed by atoms with Crippen LogP contribution in [0.5, 0.6) is 0 Å². The molecular formula is C23H34N4O2S. The van der Waals surface area contributed by atoms with Gasteiger partial charge in [-0.3, -0.25) is 4.79 Å². The normalized spacial score (nSPS) is 21.3. The zero-order valence-electron chi connectivity index (χ0n) is 18.3. The minimum atomic E-state index is 0.0337. The van der Waals surface area contributed by atoms with Gasteiger partial charge in [0.15, 0.2) is 10.9 Å². The van der Waals surface area contributed by atoms with Crippen LogP contribution in [0.15, 0.2) is 34.1 Å². The Morgan fingerprint density at radius 2 is 2.03 bits per heavy atom. The maximum Gasteiger partial charge on any atom is 0.289 e. The van der Waals surface area contributed by atoms with Crippen molar-refractivity contribution in [3.8, 4) is 0 Å². The number of furan rings is 1. The average Bonchev–Trinajstić information content (AvgIpc) is 3.40. The number of thioether (sulfide) groups is 1. The number of nitrogens with zero attached hydrogens (tertiary/aromatic N) is 4. The van der Waals surface area contributed by atoms with Crippen LogP contribution in [0.25, 0.3) is 0 Å². The molecule has 0 unspecified atom stereocenters. The van der Waals surface area contributed by atoms with E-state index in [4.69, 9.17) is 4.42 Å². The number of carbonyl (C=O) groups is 1. The van der Waals surface area contributed by atoms with Crippen molar-refractivity contribution in [1.29, 1.82) is 0 Å². The highest BCUT2D eigenvalue weighted by molar-refractivity contribution is 7.98. The summed E-state index contributed by atoms with van der Waals surface area (Å²) in [4.78, 5) is 21.8. The first-order chi connectivity index (χ1) is 14.6. The van der Waals surface area contributed by atoms with E-state index in [9.17, 15) is 4.79 Å². The number of rotatable bonds is 7. The summed E-state index contributed by atoms with van der Waals surface area (Å²) in [6, 6.07) is 4.47. The van der Waals surface area contributed by atoms with Gasteiger partial charge < -0.3 is 18.8 Å². The zero-order valence-corrected chi connectivity index (χ0v) is 19.1. The molecule has 2 aliphatic heterocycles. The lowest BCUT2D eigenvalue weighted by atomic mass is 9.92. The summed E-state index contributed by atoms with van der Waals surface area (Å²) in [6.07, 6.45) is 11.3. The van der Waals surface area contributed by atoms with Gasteiger partial charge in [0.25, 0.3) is 5.91 Å². The number of carbonyl (C=O) groups excluding carboxylic acids is 1. The van der Waals surface area contributed by atoms with Crippen molar-refractivity contribution in [1.82, 2.24) is 19.4 Å². The predicted octanol–water partition coefficient (Wildman–Crippen LogP) is 4.42. The van der Waals surface area contributed by atoms with Gasteiger partial charge in [0, 0.05) is 38.6 Å². The van der Waals surface area contributed by atoms with Gasteiger partial charge in [0.05, 0.1) is 5.75 Å². The summed E-state index contributed by atoms with van der Waals surface area (Å²) in [5.41, 5.74) is 0. The molecular weight excluding hydrogens is 396 g/mol. The molecule has 30 heavy (non-hydrogen) atoms. The molecule has 2 aromatic rings. The third-order valence-corrected chi connectivity index (χ3v) is 7.74. The van der Waals surface area contributed by atoms with E-state index in [1.807, 2.05) is 34.8 Å². The number of likely N-dealkylation sites (tertiary alicyclic amines) is 2. The van der Waals surface area contributed by atoms with Crippen LogP contribution >= 0.6 is 11.8 Å². The fraction of sp³-hybridized carbons (Fsp3) is 0.652. The predicted molar refractivity (Wildman–Crippen MR) is 120 cm³/mol. The number of hydrogen-bond donors (Lipinski definition) is 0. The Kier molecular flexibility index (Phi) is 7.20. The molecule has 0 aliphatic carbocycles. The molecule has 1 amide bonds. The van der Waals surface area contributed by atoms with Crippen molar-refractivity contribution in [3.63, 3.8) is 0 Å². The van der Waals surface area contributed by atoms with Gasteiger partial charge in [-0.15, -0.1) is 0 Å². The molecule has 0 saturated carbocycles. The van der Waals surface area contributed by atoms with E-state index < -0.39 is 0 Å². The highest BCUT2D eigenvalue weighted by Gasteiger charge is 2.26. The van der Waals surface area contributed by atoms with Gasteiger partial charge in [-0.25, -0.2) is 4.98 Å². The Hall–Kier alpha value is -1.73. The van der Waals surface area contributed by atoms with E-state index in [0.29, 0.717) is 11.5 Å². The summed E-state index contributed by atoms with van der Waals surface area (Å²) in [6.45, 7) is 6.54. The average molecular weight is 431 g/mol. The fourth-order valence-electron chi connectivity index (χ4n) is 4.62. The maximum atomic E-state index is 12.9. The van der Waals surface area contributed by atoms with Crippen LogP contribution in [0.4, 0.5) is 0 Å². The van der Waals surface area contributed by atoms with Crippen molar-refractivity contribution in [2.24, 2.45) is 13.0 Å². The van der Waals surface area contributed by atoms with E-state index in [0.717, 1.165) is 48.8 Å². The number of imidazole rings is 1. The second kappa shape index (κ2) is 10.1. The van der Waals surface area contributed by atoms with E-state index in [2.05, 4.69) is 16.8 Å². The van der Waals surface area contributed by atoms with E-state index >= 15 is 0 Å². The lowest BCUT2D eigenvalue weighted by Crippen LogP contribution is -2.41. The molecule has 6 nitrogen and oxygen atoms in total. The van der Waals surface area contributed by atoms with Gasteiger partial charge in [0.2, 0.25) is 0 Å². The van der Waals surface area contributed by atoms with Crippen molar-refractivity contribution < 1.29 is 9.21 Å². The Bertz CT molecular complexity index is 825. The summed E-state index contributed by atoms with van der Waals surface area (Å²) >= 11 is 1.61. The van der Waals surface area contributed by atoms with Crippen molar-refractivity contribution >= 4 is 17.7 Å². The molecule has 0 radical (unpaired) electrons. The third-order valence-electron chi connectivity index (χ3n) is 6.66. The Balaban J connectivity index is 1.21. The lowest BCUT2D eigenvalue weighted by molar-refractivity contribution is 0.0640. The lowest BCUT2D eigenvalue weighted by Gasteiger charge is -2.36. The molecule has 1 atom stereocenters. The van der Waals surface area contributed by atoms with Crippen LogP contribution in [-0.2, 0) is 12.8 Å². The van der Waals surface area contributed by atoms with Crippen LogP contribution in [0.3, 0.4) is 0 Å². The second-order valence-corrected chi connectivity index (χ2v) is 9.72. The largest absolute Gasteiger partial charge is 0.455 e. The number of hydrogen-bond acceptors (Lipinski definition) is 5. The van der Waals surface area contributed by atoms with Gasteiger partial charge in [-0.2, -0.15) is 0 Å². The van der Waals surface area contributed by atoms with E-state index in [1.165, 1.54) is 38.8 Å². The fourth-order valence-corrected chi connectivity index (χ4v) is 5.44. The first-order valence-corrected chi connectivity index (χ1v) is 12.3.